The smallest absolute Gasteiger partial charge is 0.168 e. The highest BCUT2D eigenvalue weighted by Crippen LogP contribution is 2.43. The summed E-state index contributed by atoms with van der Waals surface area (Å²) in [5.74, 6) is 0.692. The van der Waals surface area contributed by atoms with Crippen molar-refractivity contribution in [2.75, 3.05) is 0 Å². The van der Waals surface area contributed by atoms with Crippen LogP contribution in [0, 0.1) is 5.92 Å². The molecule has 1 aliphatic rings. The maximum atomic E-state index is 11.7. The largest absolute Gasteiger partial charge is 0.377 e. The lowest BCUT2D eigenvalue weighted by molar-refractivity contribution is -0.0106. The molecule has 3 rings (SSSR count). The van der Waals surface area contributed by atoms with Crippen molar-refractivity contribution in [2.45, 2.75) is 37.7 Å². The number of carbonyl (C=O) groups excluding carboxylic acids is 1. The molecule has 0 aliphatic heterocycles. The Morgan fingerprint density at radius 2 is 1.91 bits per heavy atom. The van der Waals surface area contributed by atoms with Gasteiger partial charge in [0.15, 0.2) is 6.29 Å². The average molecular weight is 298 g/mol. The van der Waals surface area contributed by atoms with Crippen LogP contribution in [0.15, 0.2) is 36.5 Å². The fourth-order valence-corrected chi connectivity index (χ4v) is 3.65. The van der Waals surface area contributed by atoms with Crippen LogP contribution in [0.5, 0.6) is 0 Å². The Kier molecular flexibility index (Phi) is 4.12. The summed E-state index contributed by atoms with van der Waals surface area (Å²) < 4.78 is 1.72. The van der Waals surface area contributed by atoms with Crippen molar-refractivity contribution in [1.82, 2.24) is 9.55 Å². The summed E-state index contributed by atoms with van der Waals surface area (Å²) in [6, 6.07) is 9.72. The predicted molar refractivity (Wildman–Crippen MR) is 84.6 cm³/mol. The molecule has 1 fully saturated rings. The topological polar surface area (TPSA) is 55.1 Å². The van der Waals surface area contributed by atoms with E-state index in [-0.39, 0.29) is 5.92 Å². The molecule has 4 heteroatoms. The van der Waals surface area contributed by atoms with E-state index in [9.17, 15) is 9.90 Å². The summed E-state index contributed by atoms with van der Waals surface area (Å²) in [5.41, 5.74) is 0.200. The van der Waals surface area contributed by atoms with E-state index in [2.05, 4.69) is 4.98 Å². The molecule has 1 aliphatic carbocycles. The Hall–Kier alpha value is -1.94. The summed E-state index contributed by atoms with van der Waals surface area (Å²) in [4.78, 5) is 15.5. The number of carbonyl (C=O) groups is 1. The SMILES string of the molecule is Cn1c(C=O)cnc1C(O)(c1ccccc1)C1CCCCC1. The molecule has 0 saturated heterocycles. The van der Waals surface area contributed by atoms with Gasteiger partial charge >= 0.3 is 0 Å². The molecule has 1 heterocycles. The highest BCUT2D eigenvalue weighted by atomic mass is 16.3. The van der Waals surface area contributed by atoms with Gasteiger partial charge in [0.2, 0.25) is 0 Å². The first-order valence-electron chi connectivity index (χ1n) is 7.93. The number of aldehydes is 1. The average Bonchev–Trinajstić information content (AvgIpc) is 2.97. The Bertz CT molecular complexity index is 644. The normalized spacial score (nSPS) is 18.8. The van der Waals surface area contributed by atoms with Gasteiger partial charge in [-0.25, -0.2) is 4.98 Å². The predicted octanol–water partition coefficient (Wildman–Crippen LogP) is 3.05. The van der Waals surface area contributed by atoms with Crippen molar-refractivity contribution < 1.29 is 9.90 Å². The number of aromatic nitrogens is 2. The third-order valence-electron chi connectivity index (χ3n) is 4.90. The number of nitrogens with zero attached hydrogens (tertiary/aromatic N) is 2. The van der Waals surface area contributed by atoms with Crippen LogP contribution >= 0.6 is 0 Å². The summed E-state index contributed by atoms with van der Waals surface area (Å²) in [6.45, 7) is 0. The van der Waals surface area contributed by atoms with Crippen molar-refractivity contribution in [3.05, 3.63) is 53.6 Å². The number of rotatable bonds is 4. The minimum Gasteiger partial charge on any atom is -0.377 e. The van der Waals surface area contributed by atoms with Crippen molar-refractivity contribution in [1.29, 1.82) is 0 Å². The molecule has 1 atom stereocenters. The number of hydrogen-bond donors (Lipinski definition) is 1. The molecule has 1 unspecified atom stereocenters. The summed E-state index contributed by atoms with van der Waals surface area (Å²) in [5, 5.41) is 11.7. The maximum Gasteiger partial charge on any atom is 0.168 e. The number of imidazole rings is 1. The second-order valence-corrected chi connectivity index (χ2v) is 6.15. The first-order chi connectivity index (χ1) is 10.7. The van der Waals surface area contributed by atoms with Gasteiger partial charge in [0.25, 0.3) is 0 Å². The van der Waals surface area contributed by atoms with E-state index in [0.717, 1.165) is 37.5 Å². The molecule has 1 aromatic heterocycles. The highest BCUT2D eigenvalue weighted by Gasteiger charge is 2.43. The van der Waals surface area contributed by atoms with E-state index in [1.165, 1.54) is 6.42 Å². The van der Waals surface area contributed by atoms with Crippen LogP contribution in [-0.4, -0.2) is 20.9 Å². The van der Waals surface area contributed by atoms with Crippen LogP contribution in [0.25, 0.3) is 0 Å². The van der Waals surface area contributed by atoms with E-state index < -0.39 is 5.60 Å². The van der Waals surface area contributed by atoms with Crippen molar-refractivity contribution in [2.24, 2.45) is 13.0 Å². The van der Waals surface area contributed by atoms with Crippen LogP contribution in [0.3, 0.4) is 0 Å². The van der Waals surface area contributed by atoms with Crippen molar-refractivity contribution >= 4 is 6.29 Å². The zero-order valence-electron chi connectivity index (χ0n) is 12.9. The standard InChI is InChI=1S/C18H22N2O2/c1-20-16(13-21)12-19-17(20)18(22,14-8-4-2-5-9-14)15-10-6-3-7-11-15/h2,4-5,8-9,12-13,15,22H,3,6-7,10-11H2,1H3. The Morgan fingerprint density at radius 1 is 1.23 bits per heavy atom. The Balaban J connectivity index is 2.13. The van der Waals surface area contributed by atoms with E-state index in [1.54, 1.807) is 17.8 Å². The van der Waals surface area contributed by atoms with Gasteiger partial charge in [-0.3, -0.25) is 4.79 Å². The summed E-state index contributed by atoms with van der Waals surface area (Å²) in [6.07, 6.45) is 7.77. The van der Waals surface area contributed by atoms with Crippen LogP contribution in [-0.2, 0) is 12.6 Å². The maximum absolute atomic E-state index is 11.7. The van der Waals surface area contributed by atoms with Gasteiger partial charge in [0.05, 0.1) is 6.20 Å². The first-order valence-corrected chi connectivity index (χ1v) is 7.93. The van der Waals surface area contributed by atoms with E-state index in [0.29, 0.717) is 11.5 Å². The second kappa shape index (κ2) is 6.05. The van der Waals surface area contributed by atoms with Crippen LogP contribution in [0.4, 0.5) is 0 Å². The molecule has 1 saturated carbocycles. The molecule has 0 amide bonds. The molecule has 116 valence electrons. The fraction of sp³-hybridized carbons (Fsp3) is 0.444. The number of benzene rings is 1. The Labute approximate surface area is 130 Å². The quantitative estimate of drug-likeness (QED) is 0.883. The zero-order chi connectivity index (χ0) is 15.6. The molecule has 0 spiro atoms. The summed E-state index contributed by atoms with van der Waals surface area (Å²) >= 11 is 0. The number of aliphatic hydroxyl groups is 1. The molecule has 0 radical (unpaired) electrons. The van der Waals surface area contributed by atoms with Crippen LogP contribution < -0.4 is 0 Å². The van der Waals surface area contributed by atoms with E-state index in [4.69, 9.17) is 0 Å². The fourth-order valence-electron chi connectivity index (χ4n) is 3.65. The second-order valence-electron chi connectivity index (χ2n) is 6.15. The van der Waals surface area contributed by atoms with Gasteiger partial charge in [-0.2, -0.15) is 0 Å². The molecular formula is C18H22N2O2. The van der Waals surface area contributed by atoms with Crippen LogP contribution in [0.2, 0.25) is 0 Å². The lowest BCUT2D eigenvalue weighted by Gasteiger charge is -2.38. The molecule has 2 aromatic rings. The first kappa shape index (κ1) is 15.0. The third-order valence-corrected chi connectivity index (χ3v) is 4.90. The lowest BCUT2D eigenvalue weighted by Crippen LogP contribution is -2.40. The van der Waals surface area contributed by atoms with Gasteiger partial charge in [0, 0.05) is 7.05 Å². The Morgan fingerprint density at radius 3 is 2.50 bits per heavy atom. The van der Waals surface area contributed by atoms with Gasteiger partial charge < -0.3 is 9.67 Å². The van der Waals surface area contributed by atoms with Gasteiger partial charge in [-0.05, 0) is 24.3 Å². The molecule has 4 nitrogen and oxygen atoms in total. The van der Waals surface area contributed by atoms with Gasteiger partial charge in [-0.1, -0.05) is 49.6 Å². The summed E-state index contributed by atoms with van der Waals surface area (Å²) in [7, 11) is 1.79. The van der Waals surface area contributed by atoms with E-state index in [1.807, 2.05) is 30.3 Å². The van der Waals surface area contributed by atoms with Gasteiger partial charge in [0.1, 0.15) is 17.1 Å². The molecule has 1 N–H and O–H groups in total. The van der Waals surface area contributed by atoms with Crippen LogP contribution in [0.1, 0.15) is 54.0 Å². The number of hydrogen-bond acceptors (Lipinski definition) is 3. The minimum absolute atomic E-state index is 0.129. The minimum atomic E-state index is -1.14. The molecule has 0 bridgehead atoms. The zero-order valence-corrected chi connectivity index (χ0v) is 12.9. The highest BCUT2D eigenvalue weighted by molar-refractivity contribution is 5.72. The monoisotopic (exact) mass is 298 g/mol. The van der Waals surface area contributed by atoms with Gasteiger partial charge in [-0.15, -0.1) is 0 Å². The molecule has 22 heavy (non-hydrogen) atoms. The van der Waals surface area contributed by atoms with E-state index >= 15 is 0 Å². The lowest BCUT2D eigenvalue weighted by atomic mass is 9.73. The van der Waals surface area contributed by atoms with Crippen molar-refractivity contribution in [3.8, 4) is 0 Å². The third kappa shape index (κ3) is 2.37. The molecular weight excluding hydrogens is 276 g/mol. The van der Waals surface area contributed by atoms with Crippen molar-refractivity contribution in [3.63, 3.8) is 0 Å². The molecule has 1 aromatic carbocycles.